The van der Waals surface area contributed by atoms with Crippen LogP contribution in [0.4, 0.5) is 11.4 Å². The van der Waals surface area contributed by atoms with Crippen LogP contribution < -0.4 is 21.3 Å². The molecule has 0 aromatic heterocycles. The Balaban J connectivity index is 2.45. The van der Waals surface area contributed by atoms with Gasteiger partial charge in [-0.2, -0.15) is 0 Å². The molecule has 0 aliphatic rings. The monoisotopic (exact) mass is 1510 g/mol. The second kappa shape index (κ2) is 26.8. The molecule has 20 nitrogen and oxygen atoms in total. The number of benzene rings is 2. The summed E-state index contributed by atoms with van der Waals surface area (Å²) in [4.78, 5) is 81.8. The van der Waals surface area contributed by atoms with Crippen LogP contribution in [0.5, 0.6) is 0 Å². The first-order chi connectivity index (χ1) is 27.9. The molecule has 0 radical (unpaired) electrons. The quantitative estimate of drug-likeness (QED) is 0.0513. The van der Waals surface area contributed by atoms with E-state index in [9.17, 15) is 69.6 Å². The van der Waals surface area contributed by atoms with Crippen molar-refractivity contribution in [3.05, 3.63) is 43.7 Å². The molecular formula is C33H40I6N6O14. The predicted molar refractivity (Wildman–Crippen MR) is 262 cm³/mol. The van der Waals surface area contributed by atoms with Crippen molar-refractivity contribution in [1.82, 2.24) is 20.4 Å². The summed E-state index contributed by atoms with van der Waals surface area (Å²) >= 11 is 10.8. The molecule has 59 heavy (non-hydrogen) atoms. The third-order valence-electron chi connectivity index (χ3n) is 7.85. The fraction of sp³-hybridized carbons (Fsp3) is 0.455. The Bertz CT molecular complexity index is 1760. The zero-order valence-corrected chi connectivity index (χ0v) is 43.5. The zero-order valence-electron chi connectivity index (χ0n) is 30.5. The summed E-state index contributed by atoms with van der Waals surface area (Å²) in [5.74, 6) is -4.45. The molecule has 2 unspecified atom stereocenters. The highest BCUT2D eigenvalue weighted by Gasteiger charge is 2.33. The molecular weight excluding hydrogens is 1470 g/mol. The lowest BCUT2D eigenvalue weighted by Crippen LogP contribution is -2.41. The number of aliphatic hydroxyl groups excluding tert-OH is 8. The van der Waals surface area contributed by atoms with Gasteiger partial charge in [-0.1, -0.05) is 0 Å². The maximum atomic E-state index is 13.8. The summed E-state index contributed by atoms with van der Waals surface area (Å²) in [5, 5.41) is 87.3. The minimum atomic E-state index is -1.34. The van der Waals surface area contributed by atoms with Crippen molar-refractivity contribution >= 4 is 182 Å². The largest absolute Gasteiger partial charge is 0.395 e. The number of halogens is 6. The van der Waals surface area contributed by atoms with Crippen molar-refractivity contribution in [2.75, 3.05) is 89.5 Å². The molecule has 2 rings (SSSR count). The van der Waals surface area contributed by atoms with Gasteiger partial charge in [0, 0.05) is 46.4 Å². The van der Waals surface area contributed by atoms with Crippen molar-refractivity contribution in [1.29, 1.82) is 0 Å². The van der Waals surface area contributed by atoms with Crippen molar-refractivity contribution in [3.8, 4) is 0 Å². The highest BCUT2D eigenvalue weighted by molar-refractivity contribution is 14.1. The van der Waals surface area contributed by atoms with E-state index in [1.54, 1.807) is 90.4 Å². The van der Waals surface area contributed by atoms with Crippen molar-refractivity contribution in [2.24, 2.45) is 0 Å². The molecule has 2 aromatic rings. The van der Waals surface area contributed by atoms with Gasteiger partial charge in [0.25, 0.3) is 23.6 Å². The van der Waals surface area contributed by atoms with Crippen LogP contribution in [-0.4, -0.2) is 177 Å². The number of rotatable bonds is 22. The average Bonchev–Trinajstić information content (AvgIpc) is 3.19. The minimum absolute atomic E-state index is 0.0155. The number of carbonyl (C=O) groups excluding carboxylic acids is 6. The number of aliphatic hydroxyl groups is 8. The molecule has 26 heteroatoms. The van der Waals surface area contributed by atoms with E-state index in [0.717, 1.165) is 9.80 Å². The van der Waals surface area contributed by atoms with Gasteiger partial charge in [-0.3, -0.25) is 28.8 Å². The van der Waals surface area contributed by atoms with Gasteiger partial charge in [-0.25, -0.2) is 0 Å². The molecule has 0 fully saturated rings. The van der Waals surface area contributed by atoms with Crippen LogP contribution in [0.25, 0.3) is 0 Å². The summed E-state index contributed by atoms with van der Waals surface area (Å²) in [7, 11) is 0. The first kappa shape index (κ1) is 54.5. The van der Waals surface area contributed by atoms with Gasteiger partial charge >= 0.3 is 0 Å². The predicted octanol–water partition coefficient (Wildman–Crippen LogP) is -0.699. The SMILES string of the molecule is O=C(CO)Nc1c(I)c(C(=O)NCCCNC(=O)c2c(I)c(NC(=O)CO)c(I)c(C(=O)N(CCO)CC(O)CO)c2I)c(I)c(C(=O)N(CCO)CC(O)CO)c1I. The smallest absolute Gasteiger partial charge is 0.256 e. The van der Waals surface area contributed by atoms with Crippen molar-refractivity contribution in [3.63, 3.8) is 0 Å². The Morgan fingerprint density at radius 1 is 0.508 bits per heavy atom. The van der Waals surface area contributed by atoms with Crippen molar-refractivity contribution in [2.45, 2.75) is 18.6 Å². The molecule has 0 aliphatic heterocycles. The number of hydrogen-bond acceptors (Lipinski definition) is 14. The van der Waals surface area contributed by atoms with Crippen LogP contribution in [0.2, 0.25) is 0 Å². The first-order valence-electron chi connectivity index (χ1n) is 17.0. The van der Waals surface area contributed by atoms with E-state index >= 15 is 0 Å². The van der Waals surface area contributed by atoms with Gasteiger partial charge in [-0.15, -0.1) is 0 Å². The number of hydrogen-bond donors (Lipinski definition) is 12. The summed E-state index contributed by atoms with van der Waals surface area (Å²) in [5.41, 5.74) is -0.0211. The van der Waals surface area contributed by atoms with Crippen LogP contribution in [-0.2, 0) is 9.59 Å². The lowest BCUT2D eigenvalue weighted by molar-refractivity contribution is -0.119. The Morgan fingerprint density at radius 2 is 0.831 bits per heavy atom. The minimum Gasteiger partial charge on any atom is -0.395 e. The maximum Gasteiger partial charge on any atom is 0.256 e. The van der Waals surface area contributed by atoms with Crippen LogP contribution >= 0.6 is 136 Å². The Labute approximate surface area is 419 Å². The summed E-state index contributed by atoms with van der Waals surface area (Å²) in [6.45, 7) is -5.32. The number of nitrogens with zero attached hydrogens (tertiary/aromatic N) is 2. The summed E-state index contributed by atoms with van der Waals surface area (Å²) in [6.07, 6.45) is -2.52. The Morgan fingerprint density at radius 3 is 1.12 bits per heavy atom. The number of amides is 6. The van der Waals surface area contributed by atoms with E-state index in [1.165, 1.54) is 0 Å². The maximum absolute atomic E-state index is 13.8. The van der Waals surface area contributed by atoms with Crippen LogP contribution in [0.3, 0.4) is 0 Å². The summed E-state index contributed by atoms with van der Waals surface area (Å²) in [6, 6.07) is 0. The molecule has 328 valence electrons. The van der Waals surface area contributed by atoms with Crippen LogP contribution in [0.1, 0.15) is 47.9 Å². The fourth-order valence-electron chi connectivity index (χ4n) is 5.08. The molecule has 2 aromatic carbocycles. The highest BCUT2D eigenvalue weighted by Crippen LogP contribution is 2.38. The molecule has 0 saturated heterocycles. The number of anilines is 2. The van der Waals surface area contributed by atoms with Crippen LogP contribution in [0.15, 0.2) is 0 Å². The van der Waals surface area contributed by atoms with E-state index in [1.807, 2.05) is 45.2 Å². The average molecular weight is 1510 g/mol. The normalized spacial score (nSPS) is 12.0. The highest BCUT2D eigenvalue weighted by atomic mass is 127. The van der Waals surface area contributed by atoms with Gasteiger partial charge in [0.2, 0.25) is 11.8 Å². The van der Waals surface area contributed by atoms with Gasteiger partial charge in [0.05, 0.1) is 86.5 Å². The van der Waals surface area contributed by atoms with Crippen molar-refractivity contribution < 1.29 is 69.6 Å². The van der Waals surface area contributed by atoms with Gasteiger partial charge in [0.1, 0.15) is 13.2 Å². The van der Waals surface area contributed by atoms with E-state index < -0.39 is 87.3 Å². The second-order valence-electron chi connectivity index (χ2n) is 12.0. The third-order valence-corrected chi connectivity index (χ3v) is 14.3. The molecule has 2 atom stereocenters. The van der Waals surface area contributed by atoms with E-state index in [4.69, 9.17) is 0 Å². The molecule has 0 heterocycles. The Hall–Kier alpha value is -0.680. The fourth-order valence-corrected chi connectivity index (χ4v) is 13.9. The van der Waals surface area contributed by atoms with Gasteiger partial charge in [-0.05, 0) is 142 Å². The number of nitrogens with one attached hydrogen (secondary N) is 4. The molecule has 12 N–H and O–H groups in total. The lowest BCUT2D eigenvalue weighted by Gasteiger charge is -2.27. The lowest BCUT2D eigenvalue weighted by atomic mass is 10.1. The van der Waals surface area contributed by atoms with Gasteiger partial charge < -0.3 is 71.9 Å². The molecule has 0 saturated carbocycles. The molecule has 0 bridgehead atoms. The standard InChI is InChI=1S/C33H40I6N6O14/c34-22-18(24(36)28(42-16(54)12-50)26(38)20(22)32(58)44(4-6-46)8-14(52)10-48)30(56)40-2-1-3-41-31(57)19-23(35)21(27(39)29(25(19)37)43-17(55)13-51)33(59)45(5-7-47)9-15(53)11-49/h14-15,46-53H,1-13H2,(H,40,56)(H,41,57)(H,42,54)(H,43,55). The Kier molecular flexibility index (Phi) is 24.8. The molecule has 6 amide bonds. The van der Waals surface area contributed by atoms with E-state index in [-0.39, 0.29) is 101 Å². The number of carbonyl (C=O) groups is 6. The van der Waals surface area contributed by atoms with E-state index in [2.05, 4.69) is 21.3 Å². The van der Waals surface area contributed by atoms with Crippen LogP contribution in [0, 0.1) is 21.4 Å². The molecule has 0 spiro atoms. The first-order valence-corrected chi connectivity index (χ1v) is 23.5. The topological polar surface area (TPSA) is 319 Å². The molecule has 0 aliphatic carbocycles. The summed E-state index contributed by atoms with van der Waals surface area (Å²) < 4.78 is 1.19. The van der Waals surface area contributed by atoms with Gasteiger partial charge in [0.15, 0.2) is 0 Å². The second-order valence-corrected chi connectivity index (χ2v) is 18.5. The van der Waals surface area contributed by atoms with E-state index in [0.29, 0.717) is 0 Å². The third kappa shape index (κ3) is 14.7. The zero-order chi connectivity index (χ0) is 44.7.